The fourth-order valence-electron chi connectivity index (χ4n) is 1.18. The highest BCUT2D eigenvalue weighted by Crippen LogP contribution is 2.05. The summed E-state index contributed by atoms with van der Waals surface area (Å²) in [6.07, 6.45) is 2.50. The van der Waals surface area contributed by atoms with Crippen LogP contribution in [0.3, 0.4) is 0 Å². The van der Waals surface area contributed by atoms with Crippen LogP contribution in [-0.4, -0.2) is 37.1 Å². The molecule has 0 unspecified atom stereocenters. The smallest absolute Gasteiger partial charge is 0.330 e. The Morgan fingerprint density at radius 1 is 1.56 bits per heavy atom. The number of hydrogen-bond donors (Lipinski definition) is 1. The summed E-state index contributed by atoms with van der Waals surface area (Å²) in [5, 5.41) is 2.42. The molecule has 1 heterocycles. The summed E-state index contributed by atoms with van der Waals surface area (Å²) < 4.78 is 9.25. The molecule has 1 aliphatic heterocycles. The number of hydrogen-bond acceptors (Lipinski definition) is 5. The predicted octanol–water partition coefficient (Wildman–Crippen LogP) is -0.463. The maximum Gasteiger partial charge on any atom is 0.330 e. The van der Waals surface area contributed by atoms with Crippen LogP contribution in [0.15, 0.2) is 12.2 Å². The Bertz CT molecular complexity index is 323. The van der Waals surface area contributed by atoms with Gasteiger partial charge in [0.2, 0.25) is 5.91 Å². The van der Waals surface area contributed by atoms with Crippen molar-refractivity contribution in [2.24, 2.45) is 0 Å². The molecule has 16 heavy (non-hydrogen) atoms. The van der Waals surface area contributed by atoms with Crippen molar-refractivity contribution in [3.8, 4) is 0 Å². The lowest BCUT2D eigenvalue weighted by Crippen LogP contribution is -2.36. The van der Waals surface area contributed by atoms with Gasteiger partial charge in [-0.3, -0.25) is 4.79 Å². The van der Waals surface area contributed by atoms with Gasteiger partial charge in [-0.25, -0.2) is 9.59 Å². The van der Waals surface area contributed by atoms with E-state index >= 15 is 0 Å². The highest BCUT2D eigenvalue weighted by atomic mass is 16.5. The first kappa shape index (κ1) is 12.2. The Labute approximate surface area is 92.6 Å². The van der Waals surface area contributed by atoms with Gasteiger partial charge in [-0.1, -0.05) is 0 Å². The maximum absolute atomic E-state index is 11.2. The van der Waals surface area contributed by atoms with E-state index in [9.17, 15) is 14.4 Å². The van der Waals surface area contributed by atoms with Crippen molar-refractivity contribution in [2.75, 3.05) is 13.2 Å². The lowest BCUT2D eigenvalue weighted by Gasteiger charge is -2.05. The van der Waals surface area contributed by atoms with Gasteiger partial charge in [0.05, 0.1) is 13.2 Å². The van der Waals surface area contributed by atoms with Crippen molar-refractivity contribution in [1.82, 2.24) is 5.32 Å². The third-order valence-corrected chi connectivity index (χ3v) is 1.91. The number of carbonyl (C=O) groups is 3. The third kappa shape index (κ3) is 3.72. The summed E-state index contributed by atoms with van der Waals surface area (Å²) in [5.41, 5.74) is 0. The van der Waals surface area contributed by atoms with Crippen LogP contribution in [0, 0.1) is 0 Å². The first-order valence-corrected chi connectivity index (χ1v) is 4.95. The lowest BCUT2D eigenvalue weighted by atomic mass is 10.2. The molecule has 1 atom stereocenters. The van der Waals surface area contributed by atoms with Crippen LogP contribution in [0.25, 0.3) is 0 Å². The molecule has 6 nitrogen and oxygen atoms in total. The monoisotopic (exact) mass is 227 g/mol. The van der Waals surface area contributed by atoms with E-state index < -0.39 is 23.9 Å². The molecule has 1 rings (SSSR count). The second-order valence-electron chi connectivity index (χ2n) is 3.10. The number of esters is 2. The van der Waals surface area contributed by atoms with Gasteiger partial charge in [0.15, 0.2) is 0 Å². The number of amides is 1. The minimum atomic E-state index is -0.612. The summed E-state index contributed by atoms with van der Waals surface area (Å²) in [5.74, 6) is -1.55. The van der Waals surface area contributed by atoms with Gasteiger partial charge >= 0.3 is 11.9 Å². The summed E-state index contributed by atoms with van der Waals surface area (Å²) >= 11 is 0. The van der Waals surface area contributed by atoms with Crippen molar-refractivity contribution in [3.63, 3.8) is 0 Å². The predicted molar refractivity (Wildman–Crippen MR) is 53.3 cm³/mol. The summed E-state index contributed by atoms with van der Waals surface area (Å²) in [6.45, 7) is 2.23. The Morgan fingerprint density at radius 3 is 2.88 bits per heavy atom. The van der Waals surface area contributed by atoms with Crippen LogP contribution in [0.1, 0.15) is 13.3 Å². The van der Waals surface area contributed by atoms with E-state index in [0.717, 1.165) is 12.2 Å². The van der Waals surface area contributed by atoms with Gasteiger partial charge in [-0.05, 0) is 6.92 Å². The largest absolute Gasteiger partial charge is 0.464 e. The highest BCUT2D eigenvalue weighted by molar-refractivity contribution is 5.96. The molecule has 6 heteroatoms. The zero-order chi connectivity index (χ0) is 12.0. The quantitative estimate of drug-likeness (QED) is 0.519. The van der Waals surface area contributed by atoms with Gasteiger partial charge in [0, 0.05) is 18.6 Å². The number of cyclic esters (lactones) is 1. The zero-order valence-corrected chi connectivity index (χ0v) is 8.89. The lowest BCUT2D eigenvalue weighted by molar-refractivity contribution is -0.140. The van der Waals surface area contributed by atoms with E-state index in [2.05, 4.69) is 14.8 Å². The van der Waals surface area contributed by atoms with Crippen molar-refractivity contribution < 1.29 is 23.9 Å². The summed E-state index contributed by atoms with van der Waals surface area (Å²) in [4.78, 5) is 33.1. The minimum absolute atomic E-state index is 0.250. The molecule has 1 amide bonds. The number of nitrogens with one attached hydrogen (secondary N) is 1. The standard InChI is InChI=1S/C10H13NO5/c1-2-15-9(13)4-3-8(12)11-7-5-6-16-10(7)14/h3-4,7H,2,5-6H2,1H3,(H,11,12)/b4-3+/t7-/m0/s1. The van der Waals surface area contributed by atoms with Crippen LogP contribution in [0.5, 0.6) is 0 Å². The third-order valence-electron chi connectivity index (χ3n) is 1.91. The number of carbonyl (C=O) groups excluding carboxylic acids is 3. The Hall–Kier alpha value is -1.85. The highest BCUT2D eigenvalue weighted by Gasteiger charge is 2.27. The minimum Gasteiger partial charge on any atom is -0.464 e. The van der Waals surface area contributed by atoms with Crippen LogP contribution in [0.4, 0.5) is 0 Å². The van der Waals surface area contributed by atoms with E-state index in [0.29, 0.717) is 13.0 Å². The van der Waals surface area contributed by atoms with Gasteiger partial charge < -0.3 is 14.8 Å². The number of ether oxygens (including phenoxy) is 2. The molecule has 1 saturated heterocycles. The Balaban J connectivity index is 2.35. The van der Waals surface area contributed by atoms with E-state index in [4.69, 9.17) is 0 Å². The Kier molecular flexibility index (Phi) is 4.50. The first-order valence-electron chi connectivity index (χ1n) is 4.95. The van der Waals surface area contributed by atoms with Crippen LogP contribution >= 0.6 is 0 Å². The molecule has 0 bridgehead atoms. The van der Waals surface area contributed by atoms with Gasteiger partial charge in [-0.2, -0.15) is 0 Å². The Morgan fingerprint density at radius 2 is 2.31 bits per heavy atom. The maximum atomic E-state index is 11.2. The molecule has 0 aromatic carbocycles. The molecule has 1 aliphatic rings. The molecular formula is C10H13NO5. The molecule has 0 radical (unpaired) electrons. The van der Waals surface area contributed by atoms with Crippen LogP contribution in [0.2, 0.25) is 0 Å². The molecule has 0 spiro atoms. The van der Waals surface area contributed by atoms with Crippen molar-refractivity contribution in [1.29, 1.82) is 0 Å². The van der Waals surface area contributed by atoms with E-state index in [-0.39, 0.29) is 6.61 Å². The second kappa shape index (κ2) is 5.89. The summed E-state index contributed by atoms with van der Waals surface area (Å²) in [7, 11) is 0. The van der Waals surface area contributed by atoms with Gasteiger partial charge in [0.25, 0.3) is 0 Å². The average molecular weight is 227 g/mol. The zero-order valence-electron chi connectivity index (χ0n) is 8.89. The topological polar surface area (TPSA) is 81.7 Å². The van der Waals surface area contributed by atoms with Crippen molar-refractivity contribution in [2.45, 2.75) is 19.4 Å². The van der Waals surface area contributed by atoms with E-state index in [1.807, 2.05) is 0 Å². The first-order chi connectivity index (χ1) is 7.63. The molecule has 0 aromatic heterocycles. The molecular weight excluding hydrogens is 214 g/mol. The average Bonchev–Trinajstić information content (AvgIpc) is 2.62. The van der Waals surface area contributed by atoms with E-state index in [1.165, 1.54) is 0 Å². The van der Waals surface area contributed by atoms with E-state index in [1.54, 1.807) is 6.92 Å². The van der Waals surface area contributed by atoms with Gasteiger partial charge in [0.1, 0.15) is 6.04 Å². The van der Waals surface area contributed by atoms with Crippen LogP contribution in [-0.2, 0) is 23.9 Å². The summed E-state index contributed by atoms with van der Waals surface area (Å²) in [6, 6.07) is -0.612. The molecule has 0 aliphatic carbocycles. The SMILES string of the molecule is CCOC(=O)/C=C/C(=O)N[C@H]1CCOC1=O. The van der Waals surface area contributed by atoms with Gasteiger partial charge in [-0.15, -0.1) is 0 Å². The molecule has 0 aromatic rings. The fourth-order valence-corrected chi connectivity index (χ4v) is 1.18. The second-order valence-corrected chi connectivity index (χ2v) is 3.10. The molecule has 1 fully saturated rings. The van der Waals surface area contributed by atoms with Crippen molar-refractivity contribution >= 4 is 17.8 Å². The molecule has 0 saturated carbocycles. The molecule has 1 N–H and O–H groups in total. The molecule has 88 valence electrons. The fraction of sp³-hybridized carbons (Fsp3) is 0.500. The number of rotatable bonds is 4. The van der Waals surface area contributed by atoms with Crippen LogP contribution < -0.4 is 5.32 Å². The normalized spacial score (nSPS) is 19.6. The van der Waals surface area contributed by atoms with Crippen molar-refractivity contribution in [3.05, 3.63) is 12.2 Å².